The molecule has 0 unspecified atom stereocenters. The first-order chi connectivity index (χ1) is 10.4. The molecule has 0 spiro atoms. The molecule has 2 heterocycles. The topological polar surface area (TPSA) is 69.9 Å². The van der Waals surface area contributed by atoms with Crippen LogP contribution in [0.2, 0.25) is 0 Å². The van der Waals surface area contributed by atoms with Gasteiger partial charge in [0, 0.05) is 39.2 Å². The summed E-state index contributed by atoms with van der Waals surface area (Å²) in [6.45, 7) is 4.20. The number of hydrogen-bond donors (Lipinski definition) is 0. The van der Waals surface area contributed by atoms with Crippen LogP contribution >= 0.6 is 0 Å². The van der Waals surface area contributed by atoms with E-state index in [0.29, 0.717) is 26.1 Å². The third-order valence-electron chi connectivity index (χ3n) is 3.83. The Morgan fingerprint density at radius 2 is 2.18 bits per heavy atom. The number of aromatic nitrogens is 1. The van der Waals surface area contributed by atoms with Crippen LogP contribution in [-0.2, 0) is 16.1 Å². The van der Waals surface area contributed by atoms with Gasteiger partial charge in [0.2, 0.25) is 11.8 Å². The SMILES string of the molecule is Cc1cc(CN(C)C(=O)[C@@H]2CC(=O)N(CCN(C)C)C2)no1. The molecule has 1 fully saturated rings. The minimum absolute atomic E-state index is 0.0126. The zero-order valence-corrected chi connectivity index (χ0v) is 13.7. The predicted molar refractivity (Wildman–Crippen MR) is 81.0 cm³/mol. The molecule has 22 heavy (non-hydrogen) atoms. The Kier molecular flexibility index (Phi) is 5.18. The van der Waals surface area contributed by atoms with Gasteiger partial charge in [-0.05, 0) is 21.0 Å². The first kappa shape index (κ1) is 16.5. The highest BCUT2D eigenvalue weighted by atomic mass is 16.5. The number of nitrogens with zero attached hydrogens (tertiary/aromatic N) is 4. The van der Waals surface area contributed by atoms with Gasteiger partial charge in [-0.3, -0.25) is 9.59 Å². The van der Waals surface area contributed by atoms with Gasteiger partial charge in [-0.15, -0.1) is 0 Å². The summed E-state index contributed by atoms with van der Waals surface area (Å²) in [6, 6.07) is 1.81. The van der Waals surface area contributed by atoms with E-state index in [4.69, 9.17) is 4.52 Å². The van der Waals surface area contributed by atoms with E-state index in [0.717, 1.165) is 18.0 Å². The summed E-state index contributed by atoms with van der Waals surface area (Å²) < 4.78 is 5.00. The molecule has 1 saturated heterocycles. The molecule has 7 heteroatoms. The second-order valence-electron chi connectivity index (χ2n) is 6.17. The van der Waals surface area contributed by atoms with Gasteiger partial charge in [0.05, 0.1) is 12.5 Å². The number of likely N-dealkylation sites (tertiary alicyclic amines) is 1. The van der Waals surface area contributed by atoms with Crippen LogP contribution in [0.3, 0.4) is 0 Å². The van der Waals surface area contributed by atoms with Crippen molar-refractivity contribution in [3.8, 4) is 0 Å². The molecule has 1 aromatic rings. The van der Waals surface area contributed by atoms with Gasteiger partial charge in [0.1, 0.15) is 11.5 Å². The molecular weight excluding hydrogens is 284 g/mol. The highest BCUT2D eigenvalue weighted by Gasteiger charge is 2.35. The van der Waals surface area contributed by atoms with Crippen LogP contribution in [0.15, 0.2) is 10.6 Å². The third kappa shape index (κ3) is 4.07. The molecule has 0 saturated carbocycles. The van der Waals surface area contributed by atoms with E-state index in [-0.39, 0.29) is 17.7 Å². The summed E-state index contributed by atoms with van der Waals surface area (Å²) in [5.74, 6) is 0.515. The second kappa shape index (κ2) is 6.91. The first-order valence-electron chi connectivity index (χ1n) is 7.46. The lowest BCUT2D eigenvalue weighted by molar-refractivity contribution is -0.135. The van der Waals surface area contributed by atoms with Gasteiger partial charge < -0.3 is 19.2 Å². The lowest BCUT2D eigenvalue weighted by Crippen LogP contribution is -2.36. The van der Waals surface area contributed by atoms with Crippen LogP contribution in [0, 0.1) is 12.8 Å². The van der Waals surface area contributed by atoms with Crippen molar-refractivity contribution in [3.63, 3.8) is 0 Å². The molecule has 7 nitrogen and oxygen atoms in total. The second-order valence-corrected chi connectivity index (χ2v) is 6.17. The highest BCUT2D eigenvalue weighted by Crippen LogP contribution is 2.20. The van der Waals surface area contributed by atoms with Gasteiger partial charge >= 0.3 is 0 Å². The molecule has 0 bridgehead atoms. The Bertz CT molecular complexity index is 541. The largest absolute Gasteiger partial charge is 0.361 e. The number of hydrogen-bond acceptors (Lipinski definition) is 5. The van der Waals surface area contributed by atoms with Gasteiger partial charge in [-0.1, -0.05) is 5.16 Å². The minimum atomic E-state index is -0.257. The van der Waals surface area contributed by atoms with Crippen LogP contribution in [0.4, 0.5) is 0 Å². The maximum absolute atomic E-state index is 12.5. The molecule has 0 aliphatic carbocycles. The Labute approximate surface area is 130 Å². The van der Waals surface area contributed by atoms with Gasteiger partial charge in [0.15, 0.2) is 0 Å². The standard InChI is InChI=1S/C15H24N4O3/c1-11-7-13(16-22-11)10-18(4)15(21)12-8-14(20)19(9-12)6-5-17(2)3/h7,12H,5-6,8-10H2,1-4H3/t12-/m1/s1. The van der Waals surface area contributed by atoms with Crippen molar-refractivity contribution in [1.82, 2.24) is 19.9 Å². The average molecular weight is 308 g/mol. The Morgan fingerprint density at radius 1 is 1.45 bits per heavy atom. The van der Waals surface area contributed by atoms with Crippen LogP contribution in [0.25, 0.3) is 0 Å². The van der Waals surface area contributed by atoms with E-state index in [9.17, 15) is 9.59 Å². The van der Waals surface area contributed by atoms with Gasteiger partial charge in [0.25, 0.3) is 0 Å². The molecule has 0 aromatic carbocycles. The van der Waals surface area contributed by atoms with Gasteiger partial charge in [-0.2, -0.15) is 0 Å². The summed E-state index contributed by atoms with van der Waals surface area (Å²) in [5.41, 5.74) is 0.724. The fourth-order valence-corrected chi connectivity index (χ4v) is 2.60. The normalized spacial score (nSPS) is 18.3. The molecule has 0 radical (unpaired) electrons. The smallest absolute Gasteiger partial charge is 0.228 e. The molecule has 2 rings (SSSR count). The quantitative estimate of drug-likeness (QED) is 0.758. The maximum atomic E-state index is 12.5. The van der Waals surface area contributed by atoms with E-state index >= 15 is 0 Å². The summed E-state index contributed by atoms with van der Waals surface area (Å²) in [4.78, 5) is 29.9. The molecule has 1 atom stereocenters. The molecule has 1 aliphatic rings. The summed E-state index contributed by atoms with van der Waals surface area (Å²) in [5, 5.41) is 3.89. The molecule has 1 aromatic heterocycles. The predicted octanol–water partition coefficient (Wildman–Crippen LogP) is 0.352. The average Bonchev–Trinajstić information content (AvgIpc) is 3.01. The fourth-order valence-electron chi connectivity index (χ4n) is 2.60. The monoisotopic (exact) mass is 308 g/mol. The molecule has 122 valence electrons. The molecule has 1 aliphatic heterocycles. The number of rotatable bonds is 6. The first-order valence-corrected chi connectivity index (χ1v) is 7.46. The number of carbonyl (C=O) groups is 2. The molecule has 2 amide bonds. The van der Waals surface area contributed by atoms with Crippen molar-refractivity contribution in [2.45, 2.75) is 19.9 Å². The van der Waals surface area contributed by atoms with Crippen molar-refractivity contribution in [2.75, 3.05) is 40.8 Å². The Hall–Kier alpha value is -1.89. The van der Waals surface area contributed by atoms with E-state index in [2.05, 4.69) is 5.16 Å². The Balaban J connectivity index is 1.88. The van der Waals surface area contributed by atoms with Crippen LogP contribution < -0.4 is 0 Å². The van der Waals surface area contributed by atoms with Crippen molar-refractivity contribution >= 4 is 11.8 Å². The van der Waals surface area contributed by atoms with E-state index < -0.39 is 0 Å². The maximum Gasteiger partial charge on any atom is 0.228 e. The van der Waals surface area contributed by atoms with Crippen molar-refractivity contribution in [3.05, 3.63) is 17.5 Å². The fraction of sp³-hybridized carbons (Fsp3) is 0.667. The molecular formula is C15H24N4O3. The highest BCUT2D eigenvalue weighted by molar-refractivity contribution is 5.89. The van der Waals surface area contributed by atoms with Crippen LogP contribution in [0.1, 0.15) is 17.9 Å². The van der Waals surface area contributed by atoms with Crippen molar-refractivity contribution in [2.24, 2.45) is 5.92 Å². The number of likely N-dealkylation sites (N-methyl/N-ethyl adjacent to an activating group) is 1. The van der Waals surface area contributed by atoms with Crippen LogP contribution in [0.5, 0.6) is 0 Å². The molecule has 0 N–H and O–H groups in total. The van der Waals surface area contributed by atoms with E-state index in [1.54, 1.807) is 16.8 Å². The lowest BCUT2D eigenvalue weighted by Gasteiger charge is -2.21. The van der Waals surface area contributed by atoms with E-state index in [1.807, 2.05) is 32.0 Å². The number of carbonyl (C=O) groups excluding carboxylic acids is 2. The van der Waals surface area contributed by atoms with Crippen molar-refractivity contribution in [1.29, 1.82) is 0 Å². The zero-order chi connectivity index (χ0) is 16.3. The third-order valence-corrected chi connectivity index (χ3v) is 3.83. The minimum Gasteiger partial charge on any atom is -0.361 e. The summed E-state index contributed by atoms with van der Waals surface area (Å²) in [6.07, 6.45) is 0.300. The number of aryl methyl sites for hydroxylation is 1. The zero-order valence-electron chi connectivity index (χ0n) is 13.7. The lowest BCUT2D eigenvalue weighted by atomic mass is 10.1. The number of amides is 2. The summed E-state index contributed by atoms with van der Waals surface area (Å²) in [7, 11) is 5.67. The Morgan fingerprint density at radius 3 is 2.77 bits per heavy atom. The van der Waals surface area contributed by atoms with E-state index in [1.165, 1.54) is 0 Å². The van der Waals surface area contributed by atoms with Crippen LogP contribution in [-0.4, -0.2) is 72.4 Å². The summed E-state index contributed by atoms with van der Waals surface area (Å²) >= 11 is 0. The van der Waals surface area contributed by atoms with Crippen molar-refractivity contribution < 1.29 is 14.1 Å². The van der Waals surface area contributed by atoms with Gasteiger partial charge in [-0.25, -0.2) is 0 Å².